The molecule has 0 heterocycles. The van der Waals surface area contributed by atoms with Gasteiger partial charge in [-0.1, -0.05) is 18.5 Å². The van der Waals surface area contributed by atoms with E-state index in [2.05, 4.69) is 0 Å². The number of nitrogen functional groups attached to an aromatic ring is 2. The van der Waals surface area contributed by atoms with Crippen LogP contribution in [0.1, 0.15) is 30.4 Å². The molecule has 1 saturated carbocycles. The molecule has 3 aliphatic rings. The number of aromatic hydroxyl groups is 1. The van der Waals surface area contributed by atoms with Gasteiger partial charge in [-0.3, -0.25) is 14.4 Å². The first-order valence-corrected chi connectivity index (χ1v) is 9.90. The lowest BCUT2D eigenvalue weighted by Gasteiger charge is -2.50. The van der Waals surface area contributed by atoms with Crippen LogP contribution >= 0.6 is 11.6 Å². The number of aliphatic hydroxyl groups is 4. The number of ketones is 2. The molecular formula is C20H20ClN3O8. The summed E-state index contributed by atoms with van der Waals surface area (Å²) in [5.74, 6) is -9.97. The number of Topliss-reactive ketones (excluding diaryl/α,β-unsaturated/α-hetero) is 2. The van der Waals surface area contributed by atoms with Crippen molar-refractivity contribution in [3.8, 4) is 5.75 Å². The molecule has 32 heavy (non-hydrogen) atoms. The van der Waals surface area contributed by atoms with Gasteiger partial charge < -0.3 is 42.7 Å². The zero-order chi connectivity index (χ0) is 24.0. The first-order valence-electron chi connectivity index (χ1n) is 9.53. The fourth-order valence-electron chi connectivity index (χ4n) is 5.23. The highest BCUT2D eigenvalue weighted by atomic mass is 35.5. The number of fused-ring (bicyclic) bond motifs is 3. The summed E-state index contributed by atoms with van der Waals surface area (Å²) in [6, 6.07) is 0. The number of primary amides is 1. The number of benzene rings is 1. The second kappa shape index (κ2) is 6.61. The summed E-state index contributed by atoms with van der Waals surface area (Å²) in [6.45, 7) is 1.54. The first kappa shape index (κ1) is 21.9. The van der Waals surface area contributed by atoms with E-state index in [1.54, 1.807) is 0 Å². The third kappa shape index (κ3) is 2.35. The molecule has 0 radical (unpaired) electrons. The molecule has 5 atom stereocenters. The predicted molar refractivity (Wildman–Crippen MR) is 111 cm³/mol. The first-order chi connectivity index (χ1) is 14.8. The van der Waals surface area contributed by atoms with E-state index in [9.17, 15) is 39.9 Å². The summed E-state index contributed by atoms with van der Waals surface area (Å²) in [6.07, 6.45) is -2.32. The fraction of sp³-hybridized carbons (Fsp3) is 0.350. The summed E-state index contributed by atoms with van der Waals surface area (Å²) >= 11 is 6.09. The average molecular weight is 466 g/mol. The summed E-state index contributed by atoms with van der Waals surface area (Å²) in [5.41, 5.74) is 11.9. The van der Waals surface area contributed by atoms with Gasteiger partial charge >= 0.3 is 0 Å². The van der Waals surface area contributed by atoms with Crippen LogP contribution in [0, 0.1) is 11.8 Å². The number of rotatable bonds is 1. The van der Waals surface area contributed by atoms with E-state index in [4.69, 9.17) is 28.8 Å². The highest BCUT2D eigenvalue weighted by Crippen LogP contribution is 2.58. The minimum Gasteiger partial charge on any atom is -0.508 e. The highest BCUT2D eigenvalue weighted by Gasteiger charge is 2.65. The Kier molecular flexibility index (Phi) is 4.53. The normalized spacial score (nSPS) is 31.9. The number of carbonyl (C=O) groups is 3. The SMILES string of the molecule is C[C@H]1c2c(N)c(Cl)c(N)c(O)c2C(O)=C2C(=O)[C@]3(O)C(O)=C(C(N)=O)C(=O)C[C@@H]3[C@@H](O)[C@@H]21. The van der Waals surface area contributed by atoms with Crippen molar-refractivity contribution < 1.29 is 39.9 Å². The van der Waals surface area contributed by atoms with Crippen LogP contribution in [0.4, 0.5) is 11.4 Å². The number of hydrogen-bond donors (Lipinski definition) is 8. The van der Waals surface area contributed by atoms with Crippen LogP contribution < -0.4 is 17.2 Å². The highest BCUT2D eigenvalue weighted by molar-refractivity contribution is 6.36. The molecule has 0 aliphatic heterocycles. The van der Waals surface area contributed by atoms with Gasteiger partial charge in [-0.05, 0) is 11.5 Å². The lowest BCUT2D eigenvalue weighted by Crippen LogP contribution is -2.64. The zero-order valence-electron chi connectivity index (χ0n) is 16.6. The monoisotopic (exact) mass is 465 g/mol. The van der Waals surface area contributed by atoms with Crippen LogP contribution in [-0.4, -0.2) is 54.7 Å². The van der Waals surface area contributed by atoms with Gasteiger partial charge in [0.25, 0.3) is 5.91 Å². The molecule has 12 heteroatoms. The maximum Gasteiger partial charge on any atom is 0.255 e. The number of aliphatic hydroxyl groups excluding tert-OH is 3. The van der Waals surface area contributed by atoms with Gasteiger partial charge in [0, 0.05) is 23.8 Å². The molecule has 0 unspecified atom stereocenters. The average Bonchev–Trinajstić information content (AvgIpc) is 2.72. The van der Waals surface area contributed by atoms with Crippen molar-refractivity contribution in [3.63, 3.8) is 0 Å². The number of hydrogen-bond acceptors (Lipinski definition) is 10. The minimum absolute atomic E-state index is 0.0889. The van der Waals surface area contributed by atoms with Crippen molar-refractivity contribution in [2.45, 2.75) is 31.0 Å². The molecule has 1 aromatic rings. The Balaban J connectivity index is 2.07. The van der Waals surface area contributed by atoms with Crippen LogP contribution in [0.3, 0.4) is 0 Å². The molecular weight excluding hydrogens is 446 g/mol. The van der Waals surface area contributed by atoms with E-state index >= 15 is 0 Å². The number of halogens is 1. The summed E-state index contributed by atoms with van der Waals surface area (Å²) in [5, 5.41) is 54.1. The van der Waals surface area contributed by atoms with Gasteiger partial charge in [-0.2, -0.15) is 0 Å². The van der Waals surface area contributed by atoms with Gasteiger partial charge in [0.2, 0.25) is 5.78 Å². The van der Waals surface area contributed by atoms with E-state index in [1.807, 2.05) is 0 Å². The Hall–Kier alpha value is -3.28. The van der Waals surface area contributed by atoms with E-state index in [1.165, 1.54) is 6.92 Å². The van der Waals surface area contributed by atoms with Crippen LogP contribution in [0.15, 0.2) is 16.9 Å². The van der Waals surface area contributed by atoms with Gasteiger partial charge in [0.1, 0.15) is 17.1 Å². The smallest absolute Gasteiger partial charge is 0.255 e. The third-order valence-electron chi connectivity index (χ3n) is 6.78. The lowest BCUT2D eigenvalue weighted by atomic mass is 9.55. The third-order valence-corrected chi connectivity index (χ3v) is 7.19. The van der Waals surface area contributed by atoms with Crippen molar-refractivity contribution in [3.05, 3.63) is 33.1 Å². The second-order valence-corrected chi connectivity index (χ2v) is 8.64. The minimum atomic E-state index is -2.91. The van der Waals surface area contributed by atoms with Crippen LogP contribution in [0.2, 0.25) is 5.02 Å². The number of nitrogens with two attached hydrogens (primary N) is 3. The molecule has 3 aliphatic carbocycles. The van der Waals surface area contributed by atoms with Crippen molar-refractivity contribution in [1.82, 2.24) is 0 Å². The van der Waals surface area contributed by atoms with Gasteiger partial charge in [-0.25, -0.2) is 0 Å². The Morgan fingerprint density at radius 1 is 1.16 bits per heavy atom. The molecule has 1 amide bonds. The van der Waals surface area contributed by atoms with Crippen molar-refractivity contribution in [2.24, 2.45) is 17.6 Å². The quantitative estimate of drug-likeness (QED) is 0.117. The lowest BCUT2D eigenvalue weighted by molar-refractivity contribution is -0.160. The van der Waals surface area contributed by atoms with E-state index in [-0.39, 0.29) is 27.5 Å². The molecule has 11 N–H and O–H groups in total. The van der Waals surface area contributed by atoms with E-state index in [0.717, 1.165) is 0 Å². The van der Waals surface area contributed by atoms with Crippen LogP contribution in [0.25, 0.3) is 5.76 Å². The Morgan fingerprint density at radius 2 is 1.75 bits per heavy atom. The predicted octanol–water partition coefficient (Wildman–Crippen LogP) is -0.226. The number of phenolic OH excluding ortho intramolecular Hbond substituents is 1. The Bertz CT molecular complexity index is 1210. The van der Waals surface area contributed by atoms with Gasteiger partial charge in [-0.15, -0.1) is 0 Å². The maximum atomic E-state index is 13.5. The molecule has 0 bridgehead atoms. The molecule has 11 nitrogen and oxygen atoms in total. The molecule has 1 fully saturated rings. The summed E-state index contributed by atoms with van der Waals surface area (Å²) in [4.78, 5) is 37.5. The summed E-state index contributed by atoms with van der Waals surface area (Å²) in [7, 11) is 0. The Labute approximate surface area is 185 Å². The standard InChI is InChI=1S/C20H20ClN3O8/c1-3-6-9(16(28)13(23)11(21)12(6)22)15(27)10-7(3)14(26)4-2-5(25)8(19(24)31)17(29)20(4,32)18(10)30/h3-4,7,14,26-29,32H,2,22-23H2,1H3,(H2,24,31)/t3-,4+,7+,14+,20+/m0/s1. The number of anilines is 2. The van der Waals surface area contributed by atoms with Crippen LogP contribution in [-0.2, 0) is 14.4 Å². The molecule has 4 rings (SSSR count). The number of carbonyl (C=O) groups excluding carboxylic acids is 3. The van der Waals surface area contributed by atoms with Gasteiger partial charge in [0.05, 0.1) is 28.1 Å². The molecule has 0 spiro atoms. The fourth-order valence-corrected chi connectivity index (χ4v) is 5.42. The molecule has 170 valence electrons. The molecule has 0 saturated heterocycles. The topological polar surface area (TPSA) is 230 Å². The largest absolute Gasteiger partial charge is 0.508 e. The van der Waals surface area contributed by atoms with Gasteiger partial charge in [0.15, 0.2) is 17.1 Å². The van der Waals surface area contributed by atoms with Crippen LogP contribution in [0.5, 0.6) is 5.75 Å². The number of phenols is 1. The van der Waals surface area contributed by atoms with E-state index < -0.39 is 81.8 Å². The number of amides is 1. The van der Waals surface area contributed by atoms with Crippen molar-refractivity contribution >= 4 is 46.2 Å². The van der Waals surface area contributed by atoms with Crippen molar-refractivity contribution in [1.29, 1.82) is 0 Å². The van der Waals surface area contributed by atoms with E-state index in [0.29, 0.717) is 0 Å². The second-order valence-electron chi connectivity index (χ2n) is 8.26. The Morgan fingerprint density at radius 3 is 2.31 bits per heavy atom. The van der Waals surface area contributed by atoms with Crippen molar-refractivity contribution in [2.75, 3.05) is 11.5 Å². The summed E-state index contributed by atoms with van der Waals surface area (Å²) < 4.78 is 0. The zero-order valence-corrected chi connectivity index (χ0v) is 17.3. The molecule has 0 aromatic heterocycles. The maximum absolute atomic E-state index is 13.5. The molecule has 1 aromatic carbocycles.